The summed E-state index contributed by atoms with van der Waals surface area (Å²) >= 11 is 0. The summed E-state index contributed by atoms with van der Waals surface area (Å²) in [4.78, 5) is 28.9. The predicted molar refractivity (Wildman–Crippen MR) is 92.4 cm³/mol. The SMILES string of the molecule is CCC1(C(=O)O)C(C(C)C)N=C(C)C(C(=O)O)C1c1ccc(F)cc1. The van der Waals surface area contributed by atoms with Crippen molar-refractivity contribution < 1.29 is 24.2 Å². The standard InChI is InChI=1S/C19H24FNO4/c1-5-19(18(24)25)15(12-6-8-13(20)9-7-12)14(17(22)23)11(4)21-16(19)10(2)3/h6-10,14-16H,5H2,1-4H3,(H,22,23)(H,24,25). The summed E-state index contributed by atoms with van der Waals surface area (Å²) in [5.41, 5.74) is -0.446. The summed E-state index contributed by atoms with van der Waals surface area (Å²) < 4.78 is 13.4. The molecule has 4 unspecified atom stereocenters. The van der Waals surface area contributed by atoms with Crippen LogP contribution in [0, 0.1) is 23.1 Å². The minimum atomic E-state index is -1.37. The highest BCUT2D eigenvalue weighted by molar-refractivity contribution is 6.03. The van der Waals surface area contributed by atoms with Gasteiger partial charge in [0, 0.05) is 11.6 Å². The molecule has 0 radical (unpaired) electrons. The van der Waals surface area contributed by atoms with Crippen LogP contribution in [-0.4, -0.2) is 33.9 Å². The molecular formula is C19H24FNO4. The van der Waals surface area contributed by atoms with Gasteiger partial charge in [-0.05, 0) is 37.0 Å². The van der Waals surface area contributed by atoms with E-state index in [1.807, 2.05) is 13.8 Å². The van der Waals surface area contributed by atoms with Crippen molar-refractivity contribution in [1.29, 1.82) is 0 Å². The number of halogens is 1. The fourth-order valence-electron chi connectivity index (χ4n) is 4.20. The third-order valence-corrected chi connectivity index (χ3v) is 5.32. The number of benzene rings is 1. The molecule has 0 bridgehead atoms. The van der Waals surface area contributed by atoms with Crippen LogP contribution in [0.25, 0.3) is 0 Å². The van der Waals surface area contributed by atoms with Crippen LogP contribution in [0.2, 0.25) is 0 Å². The summed E-state index contributed by atoms with van der Waals surface area (Å²) in [7, 11) is 0. The van der Waals surface area contributed by atoms with Crippen LogP contribution in [0.1, 0.15) is 45.6 Å². The normalized spacial score (nSPS) is 29.4. The van der Waals surface area contributed by atoms with Crippen LogP contribution < -0.4 is 0 Å². The molecule has 4 atom stereocenters. The lowest BCUT2D eigenvalue weighted by Crippen LogP contribution is -2.56. The van der Waals surface area contributed by atoms with Gasteiger partial charge in [0.1, 0.15) is 11.7 Å². The first-order valence-corrected chi connectivity index (χ1v) is 8.42. The number of carbonyl (C=O) groups is 2. The fraction of sp³-hybridized carbons (Fsp3) is 0.526. The third-order valence-electron chi connectivity index (χ3n) is 5.32. The number of rotatable bonds is 5. The van der Waals surface area contributed by atoms with Crippen LogP contribution in [0.15, 0.2) is 29.3 Å². The van der Waals surface area contributed by atoms with Crippen LogP contribution >= 0.6 is 0 Å². The minimum Gasteiger partial charge on any atom is -0.481 e. The lowest BCUT2D eigenvalue weighted by molar-refractivity contribution is -0.157. The van der Waals surface area contributed by atoms with Crippen molar-refractivity contribution in [2.75, 3.05) is 0 Å². The highest BCUT2D eigenvalue weighted by Crippen LogP contribution is 2.53. The third kappa shape index (κ3) is 3.05. The molecule has 1 aromatic rings. The second kappa shape index (κ2) is 6.94. The van der Waals surface area contributed by atoms with E-state index in [1.54, 1.807) is 13.8 Å². The van der Waals surface area contributed by atoms with Gasteiger partial charge in [0.05, 0.1) is 11.5 Å². The summed E-state index contributed by atoms with van der Waals surface area (Å²) in [6.07, 6.45) is 0.230. The summed E-state index contributed by atoms with van der Waals surface area (Å²) in [5, 5.41) is 19.9. The van der Waals surface area contributed by atoms with Gasteiger partial charge < -0.3 is 10.2 Å². The van der Waals surface area contributed by atoms with E-state index < -0.39 is 41.0 Å². The Labute approximate surface area is 146 Å². The molecule has 6 heteroatoms. The van der Waals surface area contributed by atoms with Gasteiger partial charge >= 0.3 is 11.9 Å². The van der Waals surface area contributed by atoms with Gasteiger partial charge in [-0.15, -0.1) is 0 Å². The average molecular weight is 349 g/mol. The van der Waals surface area contributed by atoms with Crippen LogP contribution in [-0.2, 0) is 9.59 Å². The fourth-order valence-corrected chi connectivity index (χ4v) is 4.20. The number of hydrogen-bond acceptors (Lipinski definition) is 3. The predicted octanol–water partition coefficient (Wildman–Crippen LogP) is 3.59. The van der Waals surface area contributed by atoms with Crippen molar-refractivity contribution in [1.82, 2.24) is 0 Å². The molecule has 1 aliphatic rings. The number of carboxylic acids is 2. The largest absolute Gasteiger partial charge is 0.481 e. The van der Waals surface area contributed by atoms with E-state index in [0.717, 1.165) is 0 Å². The number of hydrogen-bond donors (Lipinski definition) is 2. The zero-order chi connectivity index (χ0) is 18.9. The molecule has 25 heavy (non-hydrogen) atoms. The molecule has 136 valence electrons. The molecule has 0 aromatic heterocycles. The van der Waals surface area contributed by atoms with E-state index in [1.165, 1.54) is 24.3 Å². The van der Waals surface area contributed by atoms with Gasteiger partial charge in [0.2, 0.25) is 0 Å². The molecule has 0 saturated heterocycles. The van der Waals surface area contributed by atoms with Gasteiger partial charge in [-0.25, -0.2) is 4.39 Å². The van der Waals surface area contributed by atoms with Crippen molar-refractivity contribution in [2.24, 2.45) is 22.2 Å². The van der Waals surface area contributed by atoms with Crippen molar-refractivity contribution in [3.8, 4) is 0 Å². The molecule has 2 N–H and O–H groups in total. The number of aliphatic carboxylic acids is 2. The molecule has 1 heterocycles. The van der Waals surface area contributed by atoms with E-state index in [-0.39, 0.29) is 12.3 Å². The molecule has 0 saturated carbocycles. The molecule has 1 aliphatic heterocycles. The lowest BCUT2D eigenvalue weighted by atomic mass is 9.56. The quantitative estimate of drug-likeness (QED) is 0.850. The van der Waals surface area contributed by atoms with Gasteiger partial charge in [0.25, 0.3) is 0 Å². The van der Waals surface area contributed by atoms with Crippen molar-refractivity contribution in [3.63, 3.8) is 0 Å². The van der Waals surface area contributed by atoms with Crippen molar-refractivity contribution in [2.45, 2.75) is 46.1 Å². The molecule has 5 nitrogen and oxygen atoms in total. The van der Waals surface area contributed by atoms with Crippen LogP contribution in [0.3, 0.4) is 0 Å². The average Bonchev–Trinajstić information content (AvgIpc) is 2.53. The van der Waals surface area contributed by atoms with E-state index in [9.17, 15) is 24.2 Å². The minimum absolute atomic E-state index is 0.0799. The van der Waals surface area contributed by atoms with Crippen LogP contribution in [0.4, 0.5) is 4.39 Å². The Kier molecular flexibility index (Phi) is 5.30. The maximum atomic E-state index is 13.4. The Balaban J connectivity index is 2.81. The lowest BCUT2D eigenvalue weighted by Gasteiger charge is -2.48. The van der Waals surface area contributed by atoms with Crippen molar-refractivity contribution >= 4 is 17.7 Å². The van der Waals surface area contributed by atoms with Crippen LogP contribution in [0.5, 0.6) is 0 Å². The first-order chi connectivity index (χ1) is 11.7. The van der Waals surface area contributed by atoms with Gasteiger partial charge in [-0.1, -0.05) is 32.9 Å². The Morgan fingerprint density at radius 2 is 1.80 bits per heavy atom. The number of aliphatic imine (C=N–C) groups is 1. The zero-order valence-electron chi connectivity index (χ0n) is 14.9. The summed E-state index contributed by atoms with van der Waals surface area (Å²) in [5.74, 6) is -4.59. The second-order valence-electron chi connectivity index (χ2n) is 7.00. The number of carboxylic acid groups (broad SMARTS) is 2. The Morgan fingerprint density at radius 1 is 1.24 bits per heavy atom. The summed E-state index contributed by atoms with van der Waals surface area (Å²) in [6.45, 7) is 7.15. The summed E-state index contributed by atoms with van der Waals surface area (Å²) in [6, 6.07) is 4.89. The smallest absolute Gasteiger partial charge is 0.312 e. The molecule has 2 rings (SSSR count). The maximum Gasteiger partial charge on any atom is 0.312 e. The van der Waals surface area contributed by atoms with Gasteiger partial charge in [-0.3, -0.25) is 14.6 Å². The molecule has 0 spiro atoms. The molecule has 1 aromatic carbocycles. The van der Waals surface area contributed by atoms with Gasteiger partial charge in [0.15, 0.2) is 0 Å². The topological polar surface area (TPSA) is 87.0 Å². The monoisotopic (exact) mass is 349 g/mol. The maximum absolute atomic E-state index is 13.4. The highest BCUT2D eigenvalue weighted by atomic mass is 19.1. The van der Waals surface area contributed by atoms with E-state index in [2.05, 4.69) is 4.99 Å². The number of nitrogens with zero attached hydrogens (tertiary/aromatic N) is 1. The Bertz CT molecular complexity index is 698. The first kappa shape index (κ1) is 19.1. The molecule has 0 fully saturated rings. The zero-order valence-corrected chi connectivity index (χ0v) is 14.9. The molecular weight excluding hydrogens is 325 g/mol. The highest BCUT2D eigenvalue weighted by Gasteiger charge is 2.59. The van der Waals surface area contributed by atoms with Crippen molar-refractivity contribution in [3.05, 3.63) is 35.6 Å². The van der Waals surface area contributed by atoms with E-state index in [4.69, 9.17) is 0 Å². The molecule has 0 aliphatic carbocycles. The van der Waals surface area contributed by atoms with Gasteiger partial charge in [-0.2, -0.15) is 0 Å². The van der Waals surface area contributed by atoms with E-state index >= 15 is 0 Å². The Morgan fingerprint density at radius 3 is 2.20 bits per heavy atom. The Hall–Kier alpha value is -2.24. The second-order valence-corrected chi connectivity index (χ2v) is 7.00. The first-order valence-electron chi connectivity index (χ1n) is 8.42. The molecule has 0 amide bonds. The van der Waals surface area contributed by atoms with E-state index in [0.29, 0.717) is 11.3 Å².